The average Bonchev–Trinajstić information content (AvgIpc) is 2.57. The second kappa shape index (κ2) is 15.4. The Kier molecular flexibility index (Phi) is 15.1. The van der Waals surface area contributed by atoms with Crippen molar-refractivity contribution in [1.29, 1.82) is 0 Å². The SMILES string of the molecule is CCOC(=O)CCOCCOCCOCCOCCO[Si](C)(C)C(C)(C)C. The minimum Gasteiger partial charge on any atom is -0.466 e. The van der Waals surface area contributed by atoms with E-state index >= 15 is 0 Å². The first-order valence-electron chi connectivity index (χ1n) is 9.81. The van der Waals surface area contributed by atoms with Crippen molar-refractivity contribution in [3.8, 4) is 0 Å². The van der Waals surface area contributed by atoms with Crippen molar-refractivity contribution in [3.05, 3.63) is 0 Å². The molecule has 27 heavy (non-hydrogen) atoms. The van der Waals surface area contributed by atoms with Crippen LogP contribution < -0.4 is 0 Å². The summed E-state index contributed by atoms with van der Waals surface area (Å²) in [4.78, 5) is 11.1. The molecule has 0 aliphatic carbocycles. The number of ether oxygens (including phenoxy) is 5. The van der Waals surface area contributed by atoms with Crippen LogP contribution in [-0.2, 0) is 32.9 Å². The Morgan fingerprint density at radius 3 is 1.56 bits per heavy atom. The van der Waals surface area contributed by atoms with Gasteiger partial charge in [0.05, 0.1) is 72.5 Å². The fourth-order valence-corrected chi connectivity index (χ4v) is 2.75. The summed E-state index contributed by atoms with van der Waals surface area (Å²) in [6.07, 6.45) is 0.276. The van der Waals surface area contributed by atoms with Crippen molar-refractivity contribution in [3.63, 3.8) is 0 Å². The maximum Gasteiger partial charge on any atom is 0.308 e. The highest BCUT2D eigenvalue weighted by Gasteiger charge is 2.36. The zero-order chi connectivity index (χ0) is 20.6. The molecule has 0 aromatic heterocycles. The van der Waals surface area contributed by atoms with Gasteiger partial charge < -0.3 is 28.1 Å². The Balaban J connectivity index is 3.27. The maximum absolute atomic E-state index is 11.1. The number of rotatable bonds is 17. The van der Waals surface area contributed by atoms with Crippen LogP contribution in [0.4, 0.5) is 0 Å². The number of carbonyl (C=O) groups is 1. The normalized spacial score (nSPS) is 12.4. The van der Waals surface area contributed by atoms with Crippen LogP contribution in [0, 0.1) is 0 Å². The van der Waals surface area contributed by atoms with Gasteiger partial charge >= 0.3 is 5.97 Å². The third-order valence-electron chi connectivity index (χ3n) is 4.37. The molecule has 0 aromatic carbocycles. The van der Waals surface area contributed by atoms with Gasteiger partial charge in [-0.25, -0.2) is 0 Å². The van der Waals surface area contributed by atoms with Crippen LogP contribution in [0.1, 0.15) is 34.1 Å². The minimum absolute atomic E-state index is 0.224. The molecule has 8 heteroatoms. The molecule has 0 bridgehead atoms. The molecule has 0 fully saturated rings. The summed E-state index contributed by atoms with van der Waals surface area (Å²) in [7, 11) is -1.68. The average molecular weight is 409 g/mol. The molecular weight excluding hydrogens is 368 g/mol. The van der Waals surface area contributed by atoms with Gasteiger partial charge in [0.1, 0.15) is 0 Å². The highest BCUT2D eigenvalue weighted by atomic mass is 28.4. The van der Waals surface area contributed by atoms with Crippen LogP contribution in [0.15, 0.2) is 0 Å². The van der Waals surface area contributed by atoms with E-state index in [-0.39, 0.29) is 17.4 Å². The summed E-state index contributed by atoms with van der Waals surface area (Å²) in [5.74, 6) is -0.236. The van der Waals surface area contributed by atoms with Crippen molar-refractivity contribution in [2.75, 3.05) is 66.1 Å². The summed E-state index contributed by atoms with van der Waals surface area (Å²) >= 11 is 0. The molecule has 0 aromatic rings. The number of hydrogen-bond donors (Lipinski definition) is 0. The molecule has 0 N–H and O–H groups in total. The van der Waals surface area contributed by atoms with Crippen LogP contribution in [0.3, 0.4) is 0 Å². The predicted octanol–water partition coefficient (Wildman–Crippen LogP) is 3.03. The molecule has 0 aliphatic rings. The van der Waals surface area contributed by atoms with E-state index in [0.29, 0.717) is 66.1 Å². The second-order valence-electron chi connectivity index (χ2n) is 7.61. The third-order valence-corrected chi connectivity index (χ3v) is 8.91. The number of hydrogen-bond acceptors (Lipinski definition) is 7. The monoisotopic (exact) mass is 408 g/mol. The van der Waals surface area contributed by atoms with Gasteiger partial charge in [-0.15, -0.1) is 0 Å². The van der Waals surface area contributed by atoms with E-state index in [9.17, 15) is 4.79 Å². The molecule has 0 unspecified atom stereocenters. The molecule has 0 rings (SSSR count). The highest BCUT2D eigenvalue weighted by molar-refractivity contribution is 6.74. The van der Waals surface area contributed by atoms with E-state index in [1.807, 2.05) is 0 Å². The summed E-state index contributed by atoms with van der Waals surface area (Å²) in [6.45, 7) is 18.0. The van der Waals surface area contributed by atoms with E-state index in [2.05, 4.69) is 33.9 Å². The molecule has 162 valence electrons. The summed E-state index contributed by atoms with van der Waals surface area (Å²) in [6, 6.07) is 0. The lowest BCUT2D eigenvalue weighted by atomic mass is 10.2. The zero-order valence-electron chi connectivity index (χ0n) is 18.1. The number of carbonyl (C=O) groups excluding carboxylic acids is 1. The summed E-state index contributed by atoms with van der Waals surface area (Å²) < 4.78 is 32.5. The van der Waals surface area contributed by atoms with Gasteiger partial charge in [0.2, 0.25) is 0 Å². The summed E-state index contributed by atoms with van der Waals surface area (Å²) in [5, 5.41) is 0.224. The van der Waals surface area contributed by atoms with Gasteiger partial charge in [-0.05, 0) is 25.1 Å². The quantitative estimate of drug-likeness (QED) is 0.208. The van der Waals surface area contributed by atoms with Crippen molar-refractivity contribution in [2.24, 2.45) is 0 Å². The van der Waals surface area contributed by atoms with E-state index in [4.69, 9.17) is 28.1 Å². The largest absolute Gasteiger partial charge is 0.466 e. The Bertz CT molecular complexity index is 370. The third kappa shape index (κ3) is 15.1. The fourth-order valence-electron chi connectivity index (χ4n) is 1.72. The van der Waals surface area contributed by atoms with Gasteiger partial charge in [0.15, 0.2) is 8.32 Å². The first kappa shape index (κ1) is 26.5. The van der Waals surface area contributed by atoms with Gasteiger partial charge in [-0.2, -0.15) is 0 Å². The smallest absolute Gasteiger partial charge is 0.308 e. The fraction of sp³-hybridized carbons (Fsp3) is 0.947. The molecule has 0 saturated heterocycles. The molecule has 0 aliphatic heterocycles. The lowest BCUT2D eigenvalue weighted by molar-refractivity contribution is -0.144. The van der Waals surface area contributed by atoms with E-state index in [1.54, 1.807) is 6.92 Å². The maximum atomic E-state index is 11.1. The molecule has 0 heterocycles. The highest BCUT2D eigenvalue weighted by Crippen LogP contribution is 2.36. The lowest BCUT2D eigenvalue weighted by Gasteiger charge is -2.36. The Labute approximate surface area is 166 Å². The summed E-state index contributed by atoms with van der Waals surface area (Å²) in [5.41, 5.74) is 0. The molecule has 0 atom stereocenters. The van der Waals surface area contributed by atoms with Gasteiger partial charge in [0, 0.05) is 0 Å². The van der Waals surface area contributed by atoms with Crippen LogP contribution in [0.25, 0.3) is 0 Å². The lowest BCUT2D eigenvalue weighted by Crippen LogP contribution is -2.41. The number of esters is 1. The zero-order valence-corrected chi connectivity index (χ0v) is 19.1. The Morgan fingerprint density at radius 1 is 0.741 bits per heavy atom. The minimum atomic E-state index is -1.68. The van der Waals surface area contributed by atoms with Crippen molar-refractivity contribution < 1.29 is 32.9 Å². The van der Waals surface area contributed by atoms with E-state index in [1.165, 1.54) is 0 Å². The molecule has 0 spiro atoms. The first-order valence-corrected chi connectivity index (χ1v) is 12.7. The van der Waals surface area contributed by atoms with Crippen LogP contribution >= 0.6 is 0 Å². The second-order valence-corrected chi connectivity index (χ2v) is 12.4. The van der Waals surface area contributed by atoms with Crippen molar-refractivity contribution in [1.82, 2.24) is 0 Å². The Hall–Kier alpha value is -0.513. The van der Waals surface area contributed by atoms with Crippen LogP contribution in [-0.4, -0.2) is 80.4 Å². The standard InChI is InChI=1S/C19H40O7Si/c1-7-25-18(20)8-9-21-10-11-22-12-13-23-14-15-24-16-17-26-27(5,6)19(2,3)4/h7-17H2,1-6H3. The van der Waals surface area contributed by atoms with Crippen LogP contribution in [0.2, 0.25) is 18.1 Å². The predicted molar refractivity (Wildman–Crippen MR) is 108 cm³/mol. The molecule has 0 saturated carbocycles. The van der Waals surface area contributed by atoms with Crippen molar-refractivity contribution in [2.45, 2.75) is 52.2 Å². The molecule has 0 amide bonds. The molecule has 0 radical (unpaired) electrons. The Morgan fingerprint density at radius 2 is 1.15 bits per heavy atom. The first-order chi connectivity index (χ1) is 12.7. The van der Waals surface area contributed by atoms with E-state index < -0.39 is 8.32 Å². The molecule has 7 nitrogen and oxygen atoms in total. The van der Waals surface area contributed by atoms with Crippen LogP contribution in [0.5, 0.6) is 0 Å². The van der Waals surface area contributed by atoms with Gasteiger partial charge in [-0.1, -0.05) is 20.8 Å². The van der Waals surface area contributed by atoms with Gasteiger partial charge in [0.25, 0.3) is 0 Å². The molecular formula is C19H40O7Si. The van der Waals surface area contributed by atoms with Crippen molar-refractivity contribution >= 4 is 14.3 Å². The topological polar surface area (TPSA) is 72.5 Å². The van der Waals surface area contributed by atoms with E-state index in [0.717, 1.165) is 0 Å². The van der Waals surface area contributed by atoms with Gasteiger partial charge in [-0.3, -0.25) is 4.79 Å².